The fraction of sp³-hybridized carbons (Fsp3) is 0.143. The number of aromatic nitrogens is 1. The number of nitrogens with zero attached hydrogens (tertiary/aromatic N) is 2. The molecule has 0 bridgehead atoms. The minimum atomic E-state index is -0.266. The molecular formula is C14H11ClN2O. The van der Waals surface area contributed by atoms with Crippen molar-refractivity contribution in [3.8, 4) is 6.07 Å². The molecule has 0 spiro atoms. The first-order valence-corrected chi connectivity index (χ1v) is 5.84. The molecule has 0 fully saturated rings. The van der Waals surface area contributed by atoms with Gasteiger partial charge in [-0.05, 0) is 36.8 Å². The molecule has 18 heavy (non-hydrogen) atoms. The Bertz CT molecular complexity index is 683. The molecule has 2 rings (SSSR count). The Labute approximate surface area is 110 Å². The van der Waals surface area contributed by atoms with Crippen LogP contribution in [0.25, 0.3) is 0 Å². The molecular weight excluding hydrogens is 248 g/mol. The van der Waals surface area contributed by atoms with Crippen molar-refractivity contribution in [2.75, 3.05) is 0 Å². The van der Waals surface area contributed by atoms with Gasteiger partial charge in [0.25, 0.3) is 5.56 Å². The molecule has 0 unspecified atom stereocenters. The van der Waals surface area contributed by atoms with Crippen LogP contribution >= 0.6 is 11.6 Å². The molecule has 90 valence electrons. The molecule has 1 aromatic heterocycles. The van der Waals surface area contributed by atoms with Crippen molar-refractivity contribution in [3.63, 3.8) is 0 Å². The van der Waals surface area contributed by atoms with Gasteiger partial charge in [0, 0.05) is 10.7 Å². The van der Waals surface area contributed by atoms with Crippen LogP contribution in [-0.2, 0) is 6.54 Å². The van der Waals surface area contributed by atoms with Gasteiger partial charge in [0.15, 0.2) is 0 Å². The van der Waals surface area contributed by atoms with Crippen LogP contribution in [0, 0.1) is 18.3 Å². The second-order valence-electron chi connectivity index (χ2n) is 4.02. The van der Waals surface area contributed by atoms with Crippen molar-refractivity contribution in [1.29, 1.82) is 5.26 Å². The van der Waals surface area contributed by atoms with Gasteiger partial charge in [-0.2, -0.15) is 5.26 Å². The number of rotatable bonds is 2. The first kappa shape index (κ1) is 12.4. The molecule has 3 nitrogen and oxygen atoms in total. The molecule has 0 amide bonds. The summed E-state index contributed by atoms with van der Waals surface area (Å²) in [6.07, 6.45) is 0. The van der Waals surface area contributed by atoms with E-state index in [-0.39, 0.29) is 11.1 Å². The molecule has 0 radical (unpaired) electrons. The van der Waals surface area contributed by atoms with E-state index < -0.39 is 0 Å². The number of nitriles is 1. The number of halogens is 1. The highest BCUT2D eigenvalue weighted by molar-refractivity contribution is 6.30. The maximum absolute atomic E-state index is 12.0. The maximum Gasteiger partial charge on any atom is 0.268 e. The van der Waals surface area contributed by atoms with Crippen LogP contribution in [0.15, 0.2) is 41.2 Å². The second-order valence-corrected chi connectivity index (χ2v) is 4.46. The first-order chi connectivity index (χ1) is 8.61. The molecule has 0 aliphatic rings. The summed E-state index contributed by atoms with van der Waals surface area (Å²) < 4.78 is 1.57. The van der Waals surface area contributed by atoms with Gasteiger partial charge < -0.3 is 4.57 Å². The summed E-state index contributed by atoms with van der Waals surface area (Å²) in [5.41, 5.74) is 1.64. The van der Waals surface area contributed by atoms with Crippen LogP contribution < -0.4 is 5.56 Å². The average molecular weight is 259 g/mol. The van der Waals surface area contributed by atoms with Gasteiger partial charge >= 0.3 is 0 Å². The Morgan fingerprint density at radius 3 is 2.78 bits per heavy atom. The zero-order valence-corrected chi connectivity index (χ0v) is 10.6. The first-order valence-electron chi connectivity index (χ1n) is 5.47. The molecule has 1 aromatic carbocycles. The highest BCUT2D eigenvalue weighted by atomic mass is 35.5. The second kappa shape index (κ2) is 5.07. The van der Waals surface area contributed by atoms with Crippen molar-refractivity contribution in [3.05, 3.63) is 68.6 Å². The van der Waals surface area contributed by atoms with Crippen LogP contribution in [0.3, 0.4) is 0 Å². The fourth-order valence-corrected chi connectivity index (χ4v) is 1.98. The van der Waals surface area contributed by atoms with Crippen molar-refractivity contribution in [2.45, 2.75) is 13.5 Å². The Kier molecular flexibility index (Phi) is 3.50. The van der Waals surface area contributed by atoms with E-state index in [1.807, 2.05) is 31.2 Å². The summed E-state index contributed by atoms with van der Waals surface area (Å²) in [6, 6.07) is 12.6. The third-order valence-electron chi connectivity index (χ3n) is 2.74. The molecule has 0 aliphatic carbocycles. The topological polar surface area (TPSA) is 45.8 Å². The fourth-order valence-electron chi connectivity index (χ4n) is 1.77. The maximum atomic E-state index is 12.0. The Hall–Kier alpha value is -2.05. The van der Waals surface area contributed by atoms with Crippen molar-refractivity contribution in [1.82, 2.24) is 4.57 Å². The number of hydrogen-bond acceptors (Lipinski definition) is 2. The quantitative estimate of drug-likeness (QED) is 0.831. The van der Waals surface area contributed by atoms with Crippen LogP contribution in [0.2, 0.25) is 5.02 Å². The normalized spacial score (nSPS) is 10.1. The van der Waals surface area contributed by atoms with E-state index in [1.165, 1.54) is 0 Å². The lowest BCUT2D eigenvalue weighted by Crippen LogP contribution is -2.24. The molecule has 1 heterocycles. The highest BCUT2D eigenvalue weighted by Crippen LogP contribution is 2.12. The third kappa shape index (κ3) is 2.44. The van der Waals surface area contributed by atoms with Crippen molar-refractivity contribution >= 4 is 11.6 Å². The summed E-state index contributed by atoms with van der Waals surface area (Å²) in [7, 11) is 0. The molecule has 0 N–H and O–H groups in total. The van der Waals surface area contributed by atoms with Gasteiger partial charge in [0.2, 0.25) is 0 Å². The summed E-state index contributed by atoms with van der Waals surface area (Å²) >= 11 is 5.91. The molecule has 0 aliphatic heterocycles. The predicted molar refractivity (Wildman–Crippen MR) is 70.7 cm³/mol. The largest absolute Gasteiger partial charge is 0.307 e. The number of benzene rings is 1. The number of hydrogen-bond donors (Lipinski definition) is 0. The van der Waals surface area contributed by atoms with E-state index in [0.717, 1.165) is 11.3 Å². The van der Waals surface area contributed by atoms with Crippen LogP contribution in [0.5, 0.6) is 0 Å². The van der Waals surface area contributed by atoms with E-state index in [0.29, 0.717) is 11.6 Å². The Morgan fingerprint density at radius 1 is 1.33 bits per heavy atom. The van der Waals surface area contributed by atoms with Gasteiger partial charge in [-0.1, -0.05) is 23.7 Å². The van der Waals surface area contributed by atoms with Gasteiger partial charge in [-0.25, -0.2) is 0 Å². The van der Waals surface area contributed by atoms with Crippen LogP contribution in [-0.4, -0.2) is 4.57 Å². The molecule has 0 saturated carbocycles. The van der Waals surface area contributed by atoms with E-state index in [4.69, 9.17) is 16.9 Å². The average Bonchev–Trinajstić information content (AvgIpc) is 2.35. The molecule has 0 atom stereocenters. The molecule has 0 saturated heterocycles. The smallest absolute Gasteiger partial charge is 0.268 e. The molecule has 4 heteroatoms. The third-order valence-corrected chi connectivity index (χ3v) is 2.98. The zero-order valence-electron chi connectivity index (χ0n) is 9.85. The van der Waals surface area contributed by atoms with Crippen molar-refractivity contribution in [2.24, 2.45) is 0 Å². The van der Waals surface area contributed by atoms with Gasteiger partial charge in [0.1, 0.15) is 11.6 Å². The van der Waals surface area contributed by atoms with Crippen LogP contribution in [0.4, 0.5) is 0 Å². The Balaban J connectivity index is 2.47. The van der Waals surface area contributed by atoms with Gasteiger partial charge in [-0.15, -0.1) is 0 Å². The van der Waals surface area contributed by atoms with E-state index >= 15 is 0 Å². The van der Waals surface area contributed by atoms with E-state index in [1.54, 1.807) is 22.8 Å². The Morgan fingerprint density at radius 2 is 2.11 bits per heavy atom. The monoisotopic (exact) mass is 258 g/mol. The summed E-state index contributed by atoms with van der Waals surface area (Å²) in [5, 5.41) is 9.49. The zero-order chi connectivity index (χ0) is 13.1. The highest BCUT2D eigenvalue weighted by Gasteiger charge is 2.06. The van der Waals surface area contributed by atoms with Gasteiger partial charge in [-0.3, -0.25) is 4.79 Å². The summed E-state index contributed by atoms with van der Waals surface area (Å²) in [6.45, 7) is 2.26. The molecule has 2 aromatic rings. The lowest BCUT2D eigenvalue weighted by atomic mass is 10.2. The van der Waals surface area contributed by atoms with Crippen molar-refractivity contribution < 1.29 is 0 Å². The minimum Gasteiger partial charge on any atom is -0.307 e. The van der Waals surface area contributed by atoms with Gasteiger partial charge in [0.05, 0.1) is 6.54 Å². The minimum absolute atomic E-state index is 0.155. The summed E-state index contributed by atoms with van der Waals surface area (Å²) in [5.74, 6) is 0. The van der Waals surface area contributed by atoms with E-state index in [9.17, 15) is 4.79 Å². The predicted octanol–water partition coefficient (Wildman–Crippen LogP) is 2.73. The number of aryl methyl sites for hydroxylation is 1. The van der Waals surface area contributed by atoms with Crippen LogP contribution in [0.1, 0.15) is 16.8 Å². The summed E-state index contributed by atoms with van der Waals surface area (Å²) in [4.78, 5) is 12.0. The standard InChI is InChI=1S/C14H11ClN2O/c1-10-5-6-12(8-16)14(18)17(10)9-11-3-2-4-13(15)7-11/h2-7H,9H2,1H3. The van der Waals surface area contributed by atoms with E-state index in [2.05, 4.69) is 0 Å². The lowest BCUT2D eigenvalue weighted by Gasteiger charge is -2.10. The number of pyridine rings is 1. The SMILES string of the molecule is Cc1ccc(C#N)c(=O)n1Cc1cccc(Cl)c1. The lowest BCUT2D eigenvalue weighted by molar-refractivity contribution is 0.727.